The Morgan fingerprint density at radius 1 is 1.28 bits per heavy atom. The molecule has 1 atom stereocenters. The van der Waals surface area contributed by atoms with Gasteiger partial charge in [-0.3, -0.25) is 4.79 Å². The molecule has 3 N–H and O–H groups in total. The third-order valence-corrected chi connectivity index (χ3v) is 2.63. The van der Waals surface area contributed by atoms with E-state index in [1.807, 2.05) is 19.1 Å². The molecule has 0 aromatic heterocycles. The maximum atomic E-state index is 12.5. The van der Waals surface area contributed by atoms with Gasteiger partial charge < -0.3 is 11.1 Å². The third-order valence-electron chi connectivity index (χ3n) is 2.63. The Hall–Kier alpha value is -1.56. The molecular formula is C12H15F3N2O. The Labute approximate surface area is 103 Å². The smallest absolute Gasteiger partial charge is 0.350 e. The number of hydrogen-bond donors (Lipinski definition) is 2. The highest BCUT2D eigenvalue weighted by Gasteiger charge is 2.53. The molecule has 1 amide bonds. The first-order valence-corrected chi connectivity index (χ1v) is 5.34. The van der Waals surface area contributed by atoms with Gasteiger partial charge in [0.2, 0.25) is 5.91 Å². The van der Waals surface area contributed by atoms with E-state index in [9.17, 15) is 18.0 Å². The highest BCUT2D eigenvalue weighted by molar-refractivity contribution is 5.86. The fraction of sp³-hybridized carbons (Fsp3) is 0.417. The Morgan fingerprint density at radius 3 is 2.22 bits per heavy atom. The van der Waals surface area contributed by atoms with Crippen LogP contribution in [-0.4, -0.2) is 17.6 Å². The van der Waals surface area contributed by atoms with Crippen LogP contribution in [0, 0.1) is 6.92 Å². The van der Waals surface area contributed by atoms with E-state index in [2.05, 4.69) is 5.32 Å². The highest BCUT2D eigenvalue weighted by Crippen LogP contribution is 2.27. The monoisotopic (exact) mass is 260 g/mol. The van der Waals surface area contributed by atoms with Gasteiger partial charge in [-0.15, -0.1) is 0 Å². The first-order chi connectivity index (χ1) is 8.14. The molecule has 1 rings (SSSR count). The lowest BCUT2D eigenvalue weighted by molar-refractivity contribution is -0.187. The molecule has 0 aliphatic heterocycles. The van der Waals surface area contributed by atoms with Crippen LogP contribution < -0.4 is 11.1 Å². The average Bonchev–Trinajstić information content (AvgIpc) is 2.26. The van der Waals surface area contributed by atoms with Crippen molar-refractivity contribution in [1.29, 1.82) is 0 Å². The van der Waals surface area contributed by atoms with Crippen molar-refractivity contribution in [2.75, 3.05) is 0 Å². The number of carbonyl (C=O) groups is 1. The van der Waals surface area contributed by atoms with Crippen LogP contribution >= 0.6 is 0 Å². The van der Waals surface area contributed by atoms with E-state index in [-0.39, 0.29) is 6.54 Å². The van der Waals surface area contributed by atoms with Gasteiger partial charge in [-0.1, -0.05) is 29.8 Å². The minimum atomic E-state index is -4.77. The molecule has 0 aliphatic carbocycles. The molecule has 1 aromatic rings. The molecular weight excluding hydrogens is 245 g/mol. The van der Waals surface area contributed by atoms with E-state index >= 15 is 0 Å². The summed E-state index contributed by atoms with van der Waals surface area (Å²) >= 11 is 0. The second-order valence-electron chi connectivity index (χ2n) is 4.37. The Morgan fingerprint density at radius 2 is 1.78 bits per heavy atom. The third kappa shape index (κ3) is 3.22. The van der Waals surface area contributed by atoms with Crippen LogP contribution in [-0.2, 0) is 11.3 Å². The van der Waals surface area contributed by atoms with Crippen LogP contribution in [0.25, 0.3) is 0 Å². The first kappa shape index (κ1) is 14.5. The maximum Gasteiger partial charge on any atom is 0.415 e. The molecule has 18 heavy (non-hydrogen) atoms. The van der Waals surface area contributed by atoms with Gasteiger partial charge in [-0.2, -0.15) is 13.2 Å². The minimum absolute atomic E-state index is 0.0159. The summed E-state index contributed by atoms with van der Waals surface area (Å²) in [6, 6.07) is 7.09. The molecule has 0 radical (unpaired) electrons. The summed E-state index contributed by atoms with van der Waals surface area (Å²) in [5.74, 6) is -1.24. The van der Waals surface area contributed by atoms with Crippen molar-refractivity contribution in [3.63, 3.8) is 0 Å². The number of benzene rings is 1. The van der Waals surface area contributed by atoms with Crippen LogP contribution in [0.5, 0.6) is 0 Å². The molecule has 0 fully saturated rings. The average molecular weight is 260 g/mol. The van der Waals surface area contributed by atoms with Crippen molar-refractivity contribution >= 4 is 5.91 Å². The molecule has 100 valence electrons. The Balaban J connectivity index is 2.64. The van der Waals surface area contributed by atoms with Crippen LogP contribution in [0.3, 0.4) is 0 Å². The number of hydrogen-bond acceptors (Lipinski definition) is 2. The van der Waals surface area contributed by atoms with E-state index in [0.29, 0.717) is 12.5 Å². The van der Waals surface area contributed by atoms with Gasteiger partial charge in [0.1, 0.15) is 0 Å². The van der Waals surface area contributed by atoms with Crippen molar-refractivity contribution in [2.45, 2.75) is 32.1 Å². The van der Waals surface area contributed by atoms with Gasteiger partial charge in [0.05, 0.1) is 0 Å². The normalized spacial score (nSPS) is 15.0. The van der Waals surface area contributed by atoms with E-state index in [0.717, 1.165) is 5.56 Å². The van der Waals surface area contributed by atoms with Crippen LogP contribution in [0.15, 0.2) is 24.3 Å². The highest BCUT2D eigenvalue weighted by atomic mass is 19.4. The summed E-state index contributed by atoms with van der Waals surface area (Å²) in [4.78, 5) is 11.4. The van der Waals surface area contributed by atoms with Crippen LogP contribution in [0.1, 0.15) is 18.1 Å². The Bertz CT molecular complexity index is 424. The fourth-order valence-electron chi connectivity index (χ4n) is 1.20. The van der Waals surface area contributed by atoms with Gasteiger partial charge in [0.25, 0.3) is 0 Å². The first-order valence-electron chi connectivity index (χ1n) is 5.34. The summed E-state index contributed by atoms with van der Waals surface area (Å²) in [6.45, 7) is 2.56. The zero-order chi connectivity index (χ0) is 14.0. The maximum absolute atomic E-state index is 12.5. The Kier molecular flexibility index (Phi) is 4.01. The molecule has 0 saturated heterocycles. The summed E-state index contributed by atoms with van der Waals surface area (Å²) < 4.78 is 37.4. The van der Waals surface area contributed by atoms with E-state index in [1.54, 1.807) is 12.1 Å². The van der Waals surface area contributed by atoms with Crippen LogP contribution in [0.4, 0.5) is 13.2 Å². The van der Waals surface area contributed by atoms with Gasteiger partial charge in [0.15, 0.2) is 5.54 Å². The SMILES string of the molecule is Cc1ccc(CNC(=O)C(C)(N)C(F)(F)F)cc1. The fourth-order valence-corrected chi connectivity index (χ4v) is 1.20. The number of amides is 1. The molecule has 0 spiro atoms. The number of carbonyl (C=O) groups excluding carboxylic acids is 1. The van der Waals surface area contributed by atoms with E-state index in [4.69, 9.17) is 5.73 Å². The molecule has 1 unspecified atom stereocenters. The van der Waals surface area contributed by atoms with Gasteiger partial charge >= 0.3 is 6.18 Å². The number of alkyl halides is 3. The van der Waals surface area contributed by atoms with Crippen molar-refractivity contribution in [2.24, 2.45) is 5.73 Å². The lowest BCUT2D eigenvalue weighted by Gasteiger charge is -2.26. The van der Waals surface area contributed by atoms with Gasteiger partial charge in [-0.25, -0.2) is 0 Å². The van der Waals surface area contributed by atoms with Gasteiger partial charge in [-0.05, 0) is 19.4 Å². The molecule has 6 heteroatoms. The van der Waals surface area contributed by atoms with Gasteiger partial charge in [0, 0.05) is 6.54 Å². The molecule has 0 aliphatic rings. The number of rotatable bonds is 3. The van der Waals surface area contributed by atoms with Crippen molar-refractivity contribution in [1.82, 2.24) is 5.32 Å². The lowest BCUT2D eigenvalue weighted by Crippen LogP contribution is -2.61. The zero-order valence-corrected chi connectivity index (χ0v) is 10.1. The zero-order valence-electron chi connectivity index (χ0n) is 10.1. The molecule has 3 nitrogen and oxygen atoms in total. The van der Waals surface area contributed by atoms with E-state index in [1.165, 1.54) is 0 Å². The minimum Gasteiger partial charge on any atom is -0.350 e. The second-order valence-corrected chi connectivity index (χ2v) is 4.37. The quantitative estimate of drug-likeness (QED) is 0.872. The van der Waals surface area contributed by atoms with E-state index < -0.39 is 17.6 Å². The standard InChI is InChI=1S/C12H15F3N2O/c1-8-3-5-9(6-4-8)7-17-10(18)11(2,16)12(13,14)15/h3-6H,7,16H2,1-2H3,(H,17,18). The number of halogens is 3. The largest absolute Gasteiger partial charge is 0.415 e. The summed E-state index contributed by atoms with van der Waals surface area (Å²) in [7, 11) is 0. The van der Waals surface area contributed by atoms with Crippen molar-refractivity contribution in [3.8, 4) is 0 Å². The molecule has 0 saturated carbocycles. The summed E-state index contributed by atoms with van der Waals surface area (Å²) in [5, 5.41) is 2.18. The van der Waals surface area contributed by atoms with Crippen molar-refractivity contribution in [3.05, 3.63) is 35.4 Å². The van der Waals surface area contributed by atoms with Crippen molar-refractivity contribution < 1.29 is 18.0 Å². The number of nitrogens with one attached hydrogen (secondary N) is 1. The predicted octanol–water partition coefficient (Wildman–Crippen LogP) is 1.89. The number of aryl methyl sites for hydroxylation is 1. The number of nitrogens with two attached hydrogens (primary N) is 1. The summed E-state index contributed by atoms with van der Waals surface area (Å²) in [6.07, 6.45) is -4.77. The molecule has 0 heterocycles. The predicted molar refractivity (Wildman–Crippen MR) is 61.7 cm³/mol. The molecule has 1 aromatic carbocycles. The second kappa shape index (κ2) is 4.97. The molecule has 0 bridgehead atoms. The summed E-state index contributed by atoms with van der Waals surface area (Å²) in [5.41, 5.74) is 3.86. The lowest BCUT2D eigenvalue weighted by atomic mass is 10.0. The topological polar surface area (TPSA) is 55.1 Å². The van der Waals surface area contributed by atoms with Crippen LogP contribution in [0.2, 0.25) is 0 Å².